The Bertz CT molecular complexity index is 690. The highest BCUT2D eigenvalue weighted by Gasteiger charge is 2.04. The van der Waals surface area contributed by atoms with Crippen molar-refractivity contribution in [3.05, 3.63) is 65.7 Å². The summed E-state index contributed by atoms with van der Waals surface area (Å²) < 4.78 is 0. The van der Waals surface area contributed by atoms with E-state index in [4.69, 9.17) is 0 Å². The number of allylic oxidation sites excluding steroid dienone is 1. The van der Waals surface area contributed by atoms with Crippen LogP contribution in [0.4, 0.5) is 0 Å². The predicted octanol–water partition coefficient (Wildman–Crippen LogP) is 5.42. The molecule has 0 aromatic heterocycles. The van der Waals surface area contributed by atoms with E-state index in [1.54, 1.807) is 0 Å². The smallest absolute Gasteiger partial charge is 0.0100 e. The van der Waals surface area contributed by atoms with Crippen LogP contribution in [-0.4, -0.2) is 0 Å². The summed E-state index contributed by atoms with van der Waals surface area (Å²) in [5, 5.41) is 5.28. The van der Waals surface area contributed by atoms with Gasteiger partial charge in [0.1, 0.15) is 0 Å². The third-order valence-electron chi connectivity index (χ3n) is 3.25. The zero-order valence-corrected chi connectivity index (χ0v) is 10.8. The van der Waals surface area contributed by atoms with Crippen LogP contribution in [0.1, 0.15) is 19.4 Å². The molecular formula is C18H16. The normalized spacial score (nSPS) is 10.8. The van der Waals surface area contributed by atoms with Gasteiger partial charge in [-0.25, -0.2) is 0 Å². The molecule has 3 aromatic carbocycles. The SMILES string of the molecule is CC(C)=Cc1c2ccccc2cc2ccccc12. The number of fused-ring (bicyclic) bond motifs is 2. The van der Waals surface area contributed by atoms with Crippen LogP contribution in [0, 0.1) is 0 Å². The first-order valence-electron chi connectivity index (χ1n) is 6.31. The Kier molecular flexibility index (Phi) is 2.64. The third-order valence-corrected chi connectivity index (χ3v) is 3.25. The minimum Gasteiger partial charge on any atom is -0.0758 e. The highest BCUT2D eigenvalue weighted by molar-refractivity contribution is 6.06. The van der Waals surface area contributed by atoms with E-state index in [-0.39, 0.29) is 0 Å². The zero-order valence-electron chi connectivity index (χ0n) is 10.8. The van der Waals surface area contributed by atoms with Crippen molar-refractivity contribution in [1.82, 2.24) is 0 Å². The molecule has 0 spiro atoms. The Morgan fingerprint density at radius 3 is 1.78 bits per heavy atom. The maximum atomic E-state index is 2.28. The van der Waals surface area contributed by atoms with Crippen molar-refractivity contribution in [3.8, 4) is 0 Å². The van der Waals surface area contributed by atoms with Gasteiger partial charge in [-0.05, 0) is 47.0 Å². The van der Waals surface area contributed by atoms with Gasteiger partial charge in [-0.1, -0.05) is 60.2 Å². The van der Waals surface area contributed by atoms with E-state index in [0.717, 1.165) is 0 Å². The molecule has 0 heterocycles. The molecule has 0 nitrogen and oxygen atoms in total. The largest absolute Gasteiger partial charge is 0.0758 e. The van der Waals surface area contributed by atoms with Crippen LogP contribution in [0.2, 0.25) is 0 Å². The van der Waals surface area contributed by atoms with Gasteiger partial charge >= 0.3 is 0 Å². The Hall–Kier alpha value is -2.08. The van der Waals surface area contributed by atoms with Crippen LogP contribution in [0.3, 0.4) is 0 Å². The maximum absolute atomic E-state index is 2.28. The van der Waals surface area contributed by atoms with Crippen molar-refractivity contribution < 1.29 is 0 Å². The van der Waals surface area contributed by atoms with E-state index in [0.29, 0.717) is 0 Å². The molecule has 0 radical (unpaired) electrons. The molecule has 0 aliphatic rings. The average molecular weight is 232 g/mol. The van der Waals surface area contributed by atoms with Crippen molar-refractivity contribution in [2.75, 3.05) is 0 Å². The first kappa shape index (κ1) is 11.0. The molecule has 88 valence electrons. The number of benzene rings is 3. The van der Waals surface area contributed by atoms with E-state index in [1.165, 1.54) is 32.7 Å². The van der Waals surface area contributed by atoms with Gasteiger partial charge in [-0.15, -0.1) is 0 Å². The molecule has 18 heavy (non-hydrogen) atoms. The average Bonchev–Trinajstić information content (AvgIpc) is 2.38. The monoisotopic (exact) mass is 232 g/mol. The van der Waals surface area contributed by atoms with E-state index in [9.17, 15) is 0 Å². The summed E-state index contributed by atoms with van der Waals surface area (Å²) in [6, 6.07) is 19.5. The molecule has 0 saturated heterocycles. The van der Waals surface area contributed by atoms with Gasteiger partial charge in [0.2, 0.25) is 0 Å². The lowest BCUT2D eigenvalue weighted by molar-refractivity contribution is 1.43. The van der Waals surface area contributed by atoms with Crippen LogP contribution in [-0.2, 0) is 0 Å². The second kappa shape index (κ2) is 4.30. The van der Waals surface area contributed by atoms with E-state index < -0.39 is 0 Å². The van der Waals surface area contributed by atoms with Crippen LogP contribution >= 0.6 is 0 Å². The molecule has 3 aromatic rings. The standard InChI is InChI=1S/C18H16/c1-13(2)11-18-16-9-5-3-7-14(16)12-15-8-4-6-10-17(15)18/h3-12H,1-2H3. The van der Waals surface area contributed by atoms with Crippen LogP contribution < -0.4 is 0 Å². The Morgan fingerprint density at radius 1 is 0.778 bits per heavy atom. The van der Waals surface area contributed by atoms with Crippen molar-refractivity contribution >= 4 is 27.6 Å². The minimum atomic E-state index is 1.31. The summed E-state index contributed by atoms with van der Waals surface area (Å²) in [4.78, 5) is 0. The van der Waals surface area contributed by atoms with Gasteiger partial charge < -0.3 is 0 Å². The van der Waals surface area contributed by atoms with Crippen molar-refractivity contribution in [2.24, 2.45) is 0 Å². The lowest BCUT2D eigenvalue weighted by atomic mass is 9.96. The summed E-state index contributed by atoms with van der Waals surface area (Å²) in [5.41, 5.74) is 2.67. The molecule has 0 bridgehead atoms. The quantitative estimate of drug-likeness (QED) is 0.492. The van der Waals surface area contributed by atoms with Gasteiger partial charge in [0, 0.05) is 0 Å². The fourth-order valence-electron chi connectivity index (χ4n) is 2.49. The summed E-state index contributed by atoms with van der Waals surface area (Å²) in [7, 11) is 0. The second-order valence-corrected chi connectivity index (χ2v) is 4.95. The molecule has 0 unspecified atom stereocenters. The van der Waals surface area contributed by atoms with Crippen LogP contribution in [0.15, 0.2) is 60.2 Å². The third kappa shape index (κ3) is 1.80. The Labute approximate surface area is 108 Å². The highest BCUT2D eigenvalue weighted by atomic mass is 14.1. The van der Waals surface area contributed by atoms with Gasteiger partial charge in [-0.3, -0.25) is 0 Å². The fraction of sp³-hybridized carbons (Fsp3) is 0.111. The lowest BCUT2D eigenvalue weighted by Gasteiger charge is -2.08. The molecule has 0 heteroatoms. The Morgan fingerprint density at radius 2 is 1.28 bits per heavy atom. The predicted molar refractivity (Wildman–Crippen MR) is 80.8 cm³/mol. The summed E-state index contributed by atoms with van der Waals surface area (Å²) in [6.45, 7) is 4.30. The van der Waals surface area contributed by atoms with E-state index in [1.807, 2.05) is 0 Å². The molecule has 0 atom stereocenters. The fourth-order valence-corrected chi connectivity index (χ4v) is 2.49. The molecule has 0 saturated carbocycles. The van der Waals surface area contributed by atoms with E-state index >= 15 is 0 Å². The maximum Gasteiger partial charge on any atom is -0.0100 e. The minimum absolute atomic E-state index is 1.31. The molecule has 0 aliphatic carbocycles. The molecule has 0 N–H and O–H groups in total. The Balaban J connectivity index is 2.53. The van der Waals surface area contributed by atoms with Crippen molar-refractivity contribution in [1.29, 1.82) is 0 Å². The highest BCUT2D eigenvalue weighted by Crippen LogP contribution is 2.30. The number of hydrogen-bond acceptors (Lipinski definition) is 0. The van der Waals surface area contributed by atoms with E-state index in [2.05, 4.69) is 74.5 Å². The van der Waals surface area contributed by atoms with Gasteiger partial charge in [-0.2, -0.15) is 0 Å². The van der Waals surface area contributed by atoms with Gasteiger partial charge in [0.05, 0.1) is 0 Å². The summed E-state index contributed by atoms with van der Waals surface area (Å²) in [5.74, 6) is 0. The van der Waals surface area contributed by atoms with Crippen molar-refractivity contribution in [2.45, 2.75) is 13.8 Å². The summed E-state index contributed by atoms with van der Waals surface area (Å²) >= 11 is 0. The molecule has 0 fully saturated rings. The first-order valence-corrected chi connectivity index (χ1v) is 6.31. The van der Waals surface area contributed by atoms with Crippen molar-refractivity contribution in [3.63, 3.8) is 0 Å². The molecule has 3 rings (SSSR count). The van der Waals surface area contributed by atoms with Crippen LogP contribution in [0.25, 0.3) is 27.6 Å². The second-order valence-electron chi connectivity index (χ2n) is 4.95. The van der Waals surface area contributed by atoms with Crippen LogP contribution in [0.5, 0.6) is 0 Å². The molecule has 0 aliphatic heterocycles. The zero-order chi connectivity index (χ0) is 12.5. The molecule has 0 amide bonds. The topological polar surface area (TPSA) is 0 Å². The van der Waals surface area contributed by atoms with Gasteiger partial charge in [0.15, 0.2) is 0 Å². The summed E-state index contributed by atoms with van der Waals surface area (Å²) in [6.07, 6.45) is 2.28. The first-order chi connectivity index (χ1) is 8.75. The lowest BCUT2D eigenvalue weighted by Crippen LogP contribution is -1.83. The number of rotatable bonds is 1. The number of hydrogen-bond donors (Lipinski definition) is 0. The molecular weight excluding hydrogens is 216 g/mol. The van der Waals surface area contributed by atoms with Gasteiger partial charge in [0.25, 0.3) is 0 Å².